The van der Waals surface area contributed by atoms with Gasteiger partial charge in [-0.2, -0.15) is 0 Å². The fourth-order valence-corrected chi connectivity index (χ4v) is 4.80. The summed E-state index contributed by atoms with van der Waals surface area (Å²) in [6.45, 7) is 6.46. The van der Waals surface area contributed by atoms with Crippen LogP contribution >= 0.6 is 0 Å². The number of carbonyl (C=O) groups is 2. The first-order valence-corrected chi connectivity index (χ1v) is 11.5. The molecule has 1 aromatic heterocycles. The molecule has 0 fully saturated rings. The van der Waals surface area contributed by atoms with Crippen molar-refractivity contribution < 1.29 is 9.59 Å². The predicted octanol–water partition coefficient (Wildman–Crippen LogP) is 5.38. The lowest BCUT2D eigenvalue weighted by Gasteiger charge is -2.26. The maximum absolute atomic E-state index is 13.5. The van der Waals surface area contributed by atoms with Crippen molar-refractivity contribution in [2.24, 2.45) is 0 Å². The Hall–Kier alpha value is -4.12. The van der Waals surface area contributed by atoms with Crippen LogP contribution in [0.2, 0.25) is 0 Å². The maximum atomic E-state index is 13.5. The zero-order chi connectivity index (χ0) is 23.7. The van der Waals surface area contributed by atoms with Crippen LogP contribution in [0.15, 0.2) is 85.5 Å². The molecule has 4 aromatic rings. The highest BCUT2D eigenvalue weighted by Crippen LogP contribution is 2.45. The summed E-state index contributed by atoms with van der Waals surface area (Å²) in [5.41, 5.74) is 7.00. The van der Waals surface area contributed by atoms with Crippen molar-refractivity contribution in [2.45, 2.75) is 19.4 Å². The van der Waals surface area contributed by atoms with Crippen LogP contribution in [0, 0.1) is 6.92 Å². The highest BCUT2D eigenvalue weighted by atomic mass is 16.2. The number of H-pyrrole nitrogens is 1. The van der Waals surface area contributed by atoms with Gasteiger partial charge in [-0.05, 0) is 30.2 Å². The molecule has 5 nitrogen and oxygen atoms in total. The zero-order valence-electron chi connectivity index (χ0n) is 19.2. The monoisotopic (exact) mass is 449 g/mol. The molecule has 0 bridgehead atoms. The van der Waals surface area contributed by atoms with Gasteiger partial charge < -0.3 is 15.2 Å². The Balaban J connectivity index is 1.65. The normalized spacial score (nSPS) is 14.9. The molecule has 5 heteroatoms. The molecule has 34 heavy (non-hydrogen) atoms. The number of aryl methyl sites for hydroxylation is 1. The van der Waals surface area contributed by atoms with Gasteiger partial charge in [0, 0.05) is 41.5 Å². The van der Waals surface area contributed by atoms with E-state index in [-0.39, 0.29) is 24.3 Å². The molecular formula is C29H27N3O2. The second-order valence-corrected chi connectivity index (χ2v) is 8.66. The highest BCUT2D eigenvalue weighted by Gasteiger charge is 2.40. The Kier molecular flexibility index (Phi) is 5.76. The van der Waals surface area contributed by atoms with Crippen LogP contribution in [0.1, 0.15) is 39.5 Å². The van der Waals surface area contributed by atoms with Gasteiger partial charge in [0.25, 0.3) is 5.91 Å². The number of aromatic nitrogens is 1. The fraction of sp³-hybridized carbons (Fsp3) is 0.172. The minimum Gasteiger partial charge on any atom is -0.354 e. The highest BCUT2D eigenvalue weighted by molar-refractivity contribution is 6.02. The van der Waals surface area contributed by atoms with E-state index in [1.165, 1.54) is 5.56 Å². The van der Waals surface area contributed by atoms with Crippen molar-refractivity contribution >= 4 is 22.7 Å². The summed E-state index contributed by atoms with van der Waals surface area (Å²) in [6.07, 6.45) is 1.88. The van der Waals surface area contributed by atoms with Crippen LogP contribution in [-0.4, -0.2) is 34.8 Å². The number of benzene rings is 3. The summed E-state index contributed by atoms with van der Waals surface area (Å²) < 4.78 is 0. The van der Waals surface area contributed by atoms with Gasteiger partial charge in [0.1, 0.15) is 0 Å². The van der Waals surface area contributed by atoms with Gasteiger partial charge in [-0.1, -0.05) is 72.3 Å². The van der Waals surface area contributed by atoms with Crippen molar-refractivity contribution in [3.63, 3.8) is 0 Å². The minimum absolute atomic E-state index is 0.0442. The SMILES string of the molecule is C=CCNC(=O)CCN1C(=O)c2ccccc2[C@H]1c1c(-c2ccc(C)cc2)[nH]c2ccccc12. The lowest BCUT2D eigenvalue weighted by atomic mass is 9.93. The summed E-state index contributed by atoms with van der Waals surface area (Å²) in [4.78, 5) is 31.3. The lowest BCUT2D eigenvalue weighted by Crippen LogP contribution is -2.34. The number of amides is 2. The second-order valence-electron chi connectivity index (χ2n) is 8.66. The standard InChI is InChI=1S/C29H27N3O2/c1-3-17-30-25(33)16-18-32-28(21-8-4-5-9-22(21)29(32)34)26-23-10-6-7-11-24(23)31-27(26)20-14-12-19(2)13-15-20/h3-15,28,31H,1,16-18H2,2H3,(H,30,33)/t28-/m0/s1. The van der Waals surface area contributed by atoms with Crippen LogP contribution in [0.4, 0.5) is 0 Å². The summed E-state index contributed by atoms with van der Waals surface area (Å²) >= 11 is 0. The van der Waals surface area contributed by atoms with Gasteiger partial charge in [0.2, 0.25) is 5.91 Å². The summed E-state index contributed by atoms with van der Waals surface area (Å²) in [5.74, 6) is -0.141. The van der Waals surface area contributed by atoms with Crippen LogP contribution in [-0.2, 0) is 4.79 Å². The second kappa shape index (κ2) is 9.02. The van der Waals surface area contributed by atoms with Crippen LogP contribution in [0.25, 0.3) is 22.2 Å². The van der Waals surface area contributed by atoms with E-state index in [2.05, 4.69) is 60.2 Å². The largest absolute Gasteiger partial charge is 0.354 e. The smallest absolute Gasteiger partial charge is 0.255 e. The molecule has 0 radical (unpaired) electrons. The van der Waals surface area contributed by atoms with Crippen LogP contribution < -0.4 is 5.32 Å². The van der Waals surface area contributed by atoms with E-state index in [1.54, 1.807) is 6.08 Å². The number of fused-ring (bicyclic) bond motifs is 2. The van der Waals surface area contributed by atoms with E-state index in [0.717, 1.165) is 33.3 Å². The predicted molar refractivity (Wildman–Crippen MR) is 136 cm³/mol. The molecular weight excluding hydrogens is 422 g/mol. The number of nitrogens with zero attached hydrogens (tertiary/aromatic N) is 1. The minimum atomic E-state index is -0.289. The number of nitrogens with one attached hydrogen (secondary N) is 2. The van der Waals surface area contributed by atoms with Gasteiger partial charge >= 0.3 is 0 Å². The molecule has 2 N–H and O–H groups in total. The molecule has 5 rings (SSSR count). The first kappa shape index (κ1) is 21.7. The summed E-state index contributed by atoms with van der Waals surface area (Å²) in [5, 5.41) is 3.89. The van der Waals surface area contributed by atoms with E-state index >= 15 is 0 Å². The maximum Gasteiger partial charge on any atom is 0.255 e. The molecule has 1 aliphatic rings. The van der Waals surface area contributed by atoms with Crippen molar-refractivity contribution in [1.29, 1.82) is 0 Å². The van der Waals surface area contributed by atoms with Crippen molar-refractivity contribution in [3.8, 4) is 11.3 Å². The Morgan fingerprint density at radius 3 is 2.59 bits per heavy atom. The van der Waals surface area contributed by atoms with E-state index in [0.29, 0.717) is 18.7 Å². The molecule has 0 saturated heterocycles. The molecule has 1 aliphatic heterocycles. The van der Waals surface area contributed by atoms with Crippen LogP contribution in [0.3, 0.4) is 0 Å². The molecule has 2 amide bonds. The van der Waals surface area contributed by atoms with Crippen molar-refractivity contribution in [3.05, 3.63) is 108 Å². The Morgan fingerprint density at radius 2 is 1.79 bits per heavy atom. The van der Waals surface area contributed by atoms with E-state index in [4.69, 9.17) is 0 Å². The summed E-state index contributed by atoms with van der Waals surface area (Å²) in [6, 6.07) is 24.1. The number of rotatable bonds is 7. The first-order valence-electron chi connectivity index (χ1n) is 11.5. The van der Waals surface area contributed by atoms with Crippen LogP contribution in [0.5, 0.6) is 0 Å². The number of carbonyl (C=O) groups excluding carboxylic acids is 2. The van der Waals surface area contributed by atoms with Crippen molar-refractivity contribution in [2.75, 3.05) is 13.1 Å². The quantitative estimate of drug-likeness (QED) is 0.372. The van der Waals surface area contributed by atoms with E-state index in [1.807, 2.05) is 41.3 Å². The fourth-order valence-electron chi connectivity index (χ4n) is 4.80. The number of para-hydroxylation sites is 1. The third-order valence-electron chi connectivity index (χ3n) is 6.44. The van der Waals surface area contributed by atoms with Gasteiger partial charge in [-0.15, -0.1) is 6.58 Å². The average Bonchev–Trinajstić information content (AvgIpc) is 3.37. The van der Waals surface area contributed by atoms with E-state index < -0.39 is 0 Å². The third-order valence-corrected chi connectivity index (χ3v) is 6.44. The molecule has 0 aliphatic carbocycles. The third kappa shape index (κ3) is 3.79. The van der Waals surface area contributed by atoms with Gasteiger partial charge in [-0.25, -0.2) is 0 Å². The summed E-state index contributed by atoms with van der Waals surface area (Å²) in [7, 11) is 0. The van der Waals surface area contributed by atoms with Gasteiger partial charge in [0.15, 0.2) is 0 Å². The van der Waals surface area contributed by atoms with Gasteiger partial charge in [0.05, 0.1) is 11.7 Å². The molecule has 2 heterocycles. The molecule has 0 spiro atoms. The molecule has 170 valence electrons. The number of hydrogen-bond acceptors (Lipinski definition) is 2. The molecule has 1 atom stereocenters. The Bertz CT molecular complexity index is 1380. The molecule has 3 aromatic carbocycles. The molecule has 0 saturated carbocycles. The lowest BCUT2D eigenvalue weighted by molar-refractivity contribution is -0.121. The van der Waals surface area contributed by atoms with E-state index in [9.17, 15) is 9.59 Å². The molecule has 0 unspecified atom stereocenters. The number of hydrogen-bond donors (Lipinski definition) is 2. The van der Waals surface area contributed by atoms with Gasteiger partial charge in [-0.3, -0.25) is 9.59 Å². The Morgan fingerprint density at radius 1 is 1.06 bits per heavy atom. The average molecular weight is 450 g/mol. The number of aromatic amines is 1. The Labute approximate surface area is 199 Å². The first-order chi connectivity index (χ1) is 16.6. The zero-order valence-corrected chi connectivity index (χ0v) is 19.2. The topological polar surface area (TPSA) is 65.2 Å². The van der Waals surface area contributed by atoms with Crippen molar-refractivity contribution in [1.82, 2.24) is 15.2 Å².